The highest BCUT2D eigenvalue weighted by molar-refractivity contribution is 5.38. The Morgan fingerprint density at radius 2 is 2.31 bits per heavy atom. The molecule has 1 aliphatic rings. The first-order chi connectivity index (χ1) is 7.75. The Morgan fingerprint density at radius 1 is 1.44 bits per heavy atom. The second-order valence-electron chi connectivity index (χ2n) is 4.72. The van der Waals surface area contributed by atoms with E-state index in [1.807, 2.05) is 6.20 Å². The van der Waals surface area contributed by atoms with Crippen LogP contribution in [0.3, 0.4) is 0 Å². The van der Waals surface area contributed by atoms with Gasteiger partial charge in [0, 0.05) is 25.8 Å². The second kappa shape index (κ2) is 5.30. The van der Waals surface area contributed by atoms with Gasteiger partial charge in [-0.05, 0) is 37.9 Å². The van der Waals surface area contributed by atoms with E-state index in [9.17, 15) is 0 Å². The van der Waals surface area contributed by atoms with Gasteiger partial charge in [-0.25, -0.2) is 4.98 Å². The van der Waals surface area contributed by atoms with Crippen LogP contribution in [0.5, 0.6) is 0 Å². The van der Waals surface area contributed by atoms with Gasteiger partial charge in [-0.3, -0.25) is 0 Å². The number of nitrogens with zero attached hydrogens (tertiary/aromatic N) is 2. The quantitative estimate of drug-likeness (QED) is 0.842. The molecule has 1 N–H and O–H groups in total. The Labute approximate surface area is 97.9 Å². The smallest absolute Gasteiger partial charge is 0.128 e. The first kappa shape index (κ1) is 11.4. The summed E-state index contributed by atoms with van der Waals surface area (Å²) in [6.07, 6.45) is 5.90. The molecule has 0 bridgehead atoms. The summed E-state index contributed by atoms with van der Waals surface area (Å²) < 4.78 is 0. The van der Waals surface area contributed by atoms with E-state index in [2.05, 4.69) is 41.3 Å². The van der Waals surface area contributed by atoms with Crippen LogP contribution in [0.25, 0.3) is 0 Å². The van der Waals surface area contributed by atoms with Crippen molar-refractivity contribution in [2.45, 2.75) is 32.2 Å². The van der Waals surface area contributed by atoms with Crippen molar-refractivity contribution in [2.24, 2.45) is 0 Å². The molecular weight excluding hydrogens is 198 g/mol. The number of likely N-dealkylation sites (N-methyl/N-ethyl adjacent to an activating group) is 1. The molecule has 1 saturated heterocycles. The summed E-state index contributed by atoms with van der Waals surface area (Å²) in [4.78, 5) is 6.68. The molecule has 3 heteroatoms. The van der Waals surface area contributed by atoms with Crippen molar-refractivity contribution in [3.63, 3.8) is 0 Å². The number of rotatable bonds is 3. The fourth-order valence-corrected chi connectivity index (χ4v) is 2.19. The van der Waals surface area contributed by atoms with Crippen LogP contribution in [0, 0.1) is 6.92 Å². The molecule has 0 aromatic carbocycles. The highest BCUT2D eigenvalue weighted by Gasteiger charge is 2.14. The summed E-state index contributed by atoms with van der Waals surface area (Å²) in [5, 5.41) is 3.56. The first-order valence-corrected chi connectivity index (χ1v) is 6.13. The molecule has 1 atom stereocenters. The molecule has 0 spiro atoms. The van der Waals surface area contributed by atoms with Crippen molar-refractivity contribution in [3.8, 4) is 0 Å². The van der Waals surface area contributed by atoms with E-state index in [-0.39, 0.29) is 0 Å². The standard InChI is InChI=1S/C13H21N3/c1-11-6-7-13(15-9-11)16(2)10-12-5-3-4-8-14-12/h6-7,9,12,14H,3-5,8,10H2,1-2H3/t12-/m1/s1. The second-order valence-corrected chi connectivity index (χ2v) is 4.72. The van der Waals surface area contributed by atoms with E-state index in [0.717, 1.165) is 12.4 Å². The lowest BCUT2D eigenvalue weighted by Gasteiger charge is -2.28. The minimum atomic E-state index is 0.627. The molecule has 1 aromatic rings. The molecule has 1 aliphatic heterocycles. The van der Waals surface area contributed by atoms with Gasteiger partial charge in [-0.1, -0.05) is 12.5 Å². The van der Waals surface area contributed by atoms with Crippen molar-refractivity contribution in [3.05, 3.63) is 23.9 Å². The Bertz CT molecular complexity index is 314. The molecular formula is C13H21N3. The number of hydrogen-bond acceptors (Lipinski definition) is 3. The fraction of sp³-hybridized carbons (Fsp3) is 0.615. The number of anilines is 1. The molecule has 2 heterocycles. The number of aryl methyl sites for hydroxylation is 1. The highest BCUT2D eigenvalue weighted by atomic mass is 15.2. The maximum absolute atomic E-state index is 4.44. The molecule has 3 nitrogen and oxygen atoms in total. The Kier molecular flexibility index (Phi) is 3.78. The number of aromatic nitrogens is 1. The summed E-state index contributed by atoms with van der Waals surface area (Å²) in [5.74, 6) is 1.07. The summed E-state index contributed by atoms with van der Waals surface area (Å²) >= 11 is 0. The van der Waals surface area contributed by atoms with E-state index in [4.69, 9.17) is 0 Å². The van der Waals surface area contributed by atoms with E-state index >= 15 is 0 Å². The van der Waals surface area contributed by atoms with E-state index in [0.29, 0.717) is 6.04 Å². The van der Waals surface area contributed by atoms with Gasteiger partial charge >= 0.3 is 0 Å². The van der Waals surface area contributed by atoms with Crippen molar-refractivity contribution in [2.75, 3.05) is 25.0 Å². The van der Waals surface area contributed by atoms with Gasteiger partial charge < -0.3 is 10.2 Å². The first-order valence-electron chi connectivity index (χ1n) is 6.13. The predicted molar refractivity (Wildman–Crippen MR) is 67.9 cm³/mol. The third-order valence-electron chi connectivity index (χ3n) is 3.19. The zero-order valence-electron chi connectivity index (χ0n) is 10.2. The van der Waals surface area contributed by atoms with Crippen molar-refractivity contribution in [1.82, 2.24) is 10.3 Å². The lowest BCUT2D eigenvalue weighted by Crippen LogP contribution is -2.42. The predicted octanol–water partition coefficient (Wildman–Crippen LogP) is 1.97. The summed E-state index contributed by atoms with van der Waals surface area (Å²) in [7, 11) is 2.12. The van der Waals surface area contributed by atoms with Crippen molar-refractivity contribution < 1.29 is 0 Å². The number of nitrogens with one attached hydrogen (secondary N) is 1. The molecule has 0 saturated carbocycles. The number of pyridine rings is 1. The summed E-state index contributed by atoms with van der Waals surface area (Å²) in [5.41, 5.74) is 1.22. The highest BCUT2D eigenvalue weighted by Crippen LogP contribution is 2.13. The van der Waals surface area contributed by atoms with Gasteiger partial charge in [0.25, 0.3) is 0 Å². The molecule has 0 unspecified atom stereocenters. The van der Waals surface area contributed by atoms with Gasteiger partial charge in [0.1, 0.15) is 5.82 Å². The molecule has 1 fully saturated rings. The normalized spacial score (nSPS) is 20.8. The van der Waals surface area contributed by atoms with Gasteiger partial charge in [0.05, 0.1) is 0 Å². The largest absolute Gasteiger partial charge is 0.358 e. The van der Waals surface area contributed by atoms with Crippen LogP contribution >= 0.6 is 0 Å². The van der Waals surface area contributed by atoms with Gasteiger partial charge in [-0.15, -0.1) is 0 Å². The molecule has 88 valence electrons. The van der Waals surface area contributed by atoms with Gasteiger partial charge in [-0.2, -0.15) is 0 Å². The van der Waals surface area contributed by atoms with Crippen LogP contribution < -0.4 is 10.2 Å². The number of piperidine rings is 1. The third kappa shape index (κ3) is 2.95. The number of hydrogen-bond donors (Lipinski definition) is 1. The van der Waals surface area contributed by atoms with Crippen LogP contribution in [0.4, 0.5) is 5.82 Å². The average molecular weight is 219 g/mol. The Hall–Kier alpha value is -1.09. The van der Waals surface area contributed by atoms with Gasteiger partial charge in [0.2, 0.25) is 0 Å². The van der Waals surface area contributed by atoms with E-state index in [1.54, 1.807) is 0 Å². The Morgan fingerprint density at radius 3 is 2.94 bits per heavy atom. The van der Waals surface area contributed by atoms with Crippen LogP contribution in [-0.4, -0.2) is 31.2 Å². The van der Waals surface area contributed by atoms with Crippen LogP contribution in [-0.2, 0) is 0 Å². The summed E-state index contributed by atoms with van der Waals surface area (Å²) in [6, 6.07) is 4.84. The molecule has 2 rings (SSSR count). The van der Waals surface area contributed by atoms with E-state index in [1.165, 1.54) is 31.4 Å². The fourth-order valence-electron chi connectivity index (χ4n) is 2.19. The Balaban J connectivity index is 1.91. The lowest BCUT2D eigenvalue weighted by atomic mass is 10.0. The minimum absolute atomic E-state index is 0.627. The molecule has 0 radical (unpaired) electrons. The van der Waals surface area contributed by atoms with Gasteiger partial charge in [0.15, 0.2) is 0 Å². The van der Waals surface area contributed by atoms with E-state index < -0.39 is 0 Å². The summed E-state index contributed by atoms with van der Waals surface area (Å²) in [6.45, 7) is 4.29. The topological polar surface area (TPSA) is 28.2 Å². The third-order valence-corrected chi connectivity index (χ3v) is 3.19. The maximum atomic E-state index is 4.44. The molecule has 0 aliphatic carbocycles. The van der Waals surface area contributed by atoms with Crippen molar-refractivity contribution in [1.29, 1.82) is 0 Å². The lowest BCUT2D eigenvalue weighted by molar-refractivity contribution is 0.403. The average Bonchev–Trinajstić information content (AvgIpc) is 2.31. The molecule has 16 heavy (non-hydrogen) atoms. The minimum Gasteiger partial charge on any atom is -0.358 e. The SMILES string of the molecule is Cc1ccc(N(C)C[C@H]2CCCCN2)nc1. The van der Waals surface area contributed by atoms with Crippen LogP contribution in [0.1, 0.15) is 24.8 Å². The van der Waals surface area contributed by atoms with Crippen LogP contribution in [0.15, 0.2) is 18.3 Å². The van der Waals surface area contributed by atoms with Crippen LogP contribution in [0.2, 0.25) is 0 Å². The monoisotopic (exact) mass is 219 g/mol. The molecule has 0 amide bonds. The molecule has 1 aromatic heterocycles. The zero-order chi connectivity index (χ0) is 11.4. The van der Waals surface area contributed by atoms with Crippen molar-refractivity contribution >= 4 is 5.82 Å². The zero-order valence-corrected chi connectivity index (χ0v) is 10.2. The maximum Gasteiger partial charge on any atom is 0.128 e.